The minimum absolute atomic E-state index is 1.19. The SMILES string of the molecule is CCCCCCCCCCCCCCCCCCC[n+]1ccc(CCCCCCCCC)cc1. The zero-order valence-corrected chi connectivity index (χ0v) is 23.6. The van der Waals surface area contributed by atoms with Gasteiger partial charge in [0.15, 0.2) is 12.4 Å². The van der Waals surface area contributed by atoms with Crippen molar-refractivity contribution in [3.8, 4) is 0 Å². The quantitative estimate of drug-likeness (QED) is 0.0932. The van der Waals surface area contributed by atoms with Gasteiger partial charge in [-0.15, -0.1) is 0 Å². The first-order valence-electron chi connectivity index (χ1n) is 15.8. The maximum atomic E-state index is 2.39. The van der Waals surface area contributed by atoms with Crippen LogP contribution in [0.2, 0.25) is 0 Å². The summed E-state index contributed by atoms with van der Waals surface area (Å²) in [6, 6.07) is 4.70. The number of pyridine rings is 1. The predicted octanol–water partition coefficient (Wildman–Crippen LogP) is 10.9. The molecule has 1 rings (SSSR count). The van der Waals surface area contributed by atoms with Gasteiger partial charge in [0.2, 0.25) is 0 Å². The fourth-order valence-corrected chi connectivity index (χ4v) is 5.11. The Bertz CT molecular complexity index is 506. The lowest BCUT2D eigenvalue weighted by molar-refractivity contribution is -0.697. The summed E-state index contributed by atoms with van der Waals surface area (Å²) in [7, 11) is 0. The highest BCUT2D eigenvalue weighted by Gasteiger charge is 2.02. The summed E-state index contributed by atoms with van der Waals surface area (Å²) in [5.74, 6) is 0. The van der Waals surface area contributed by atoms with E-state index >= 15 is 0 Å². The first-order chi connectivity index (χ1) is 16.9. The van der Waals surface area contributed by atoms with Crippen LogP contribution in [-0.2, 0) is 13.0 Å². The molecule has 0 aliphatic heterocycles. The number of nitrogens with zero attached hydrogens (tertiary/aromatic N) is 1. The van der Waals surface area contributed by atoms with Crippen LogP contribution < -0.4 is 4.57 Å². The smallest absolute Gasteiger partial charge is 0.169 e. The Hall–Kier alpha value is -0.850. The lowest BCUT2D eigenvalue weighted by Gasteiger charge is -2.04. The van der Waals surface area contributed by atoms with E-state index in [1.165, 1.54) is 173 Å². The van der Waals surface area contributed by atoms with Gasteiger partial charge < -0.3 is 0 Å². The monoisotopic (exact) mass is 472 g/mol. The van der Waals surface area contributed by atoms with Gasteiger partial charge >= 0.3 is 0 Å². The van der Waals surface area contributed by atoms with E-state index < -0.39 is 0 Å². The topological polar surface area (TPSA) is 3.88 Å². The molecule has 1 heterocycles. The summed E-state index contributed by atoms with van der Waals surface area (Å²) in [5, 5.41) is 0. The predicted molar refractivity (Wildman–Crippen MR) is 152 cm³/mol. The van der Waals surface area contributed by atoms with Crippen molar-refractivity contribution in [3.05, 3.63) is 30.1 Å². The number of rotatable bonds is 26. The van der Waals surface area contributed by atoms with Crippen molar-refractivity contribution in [1.82, 2.24) is 0 Å². The van der Waals surface area contributed by atoms with E-state index in [-0.39, 0.29) is 0 Å². The first kappa shape index (κ1) is 31.2. The molecule has 0 radical (unpaired) electrons. The van der Waals surface area contributed by atoms with Crippen molar-refractivity contribution in [2.75, 3.05) is 0 Å². The normalized spacial score (nSPS) is 11.4. The standard InChI is InChI=1S/C33H62N/c1-3-5-7-9-11-12-13-14-15-16-17-18-19-20-22-24-26-30-34-31-28-33(29-32-34)27-25-23-21-10-8-6-4-2/h28-29,31-32H,3-27,30H2,1-2H3/q+1. The Balaban J connectivity index is 1.83. The molecule has 1 aromatic heterocycles. The Morgan fingerprint density at radius 2 is 0.735 bits per heavy atom. The van der Waals surface area contributed by atoms with Crippen molar-refractivity contribution < 1.29 is 4.57 Å². The van der Waals surface area contributed by atoms with Gasteiger partial charge in [0, 0.05) is 18.6 Å². The third-order valence-electron chi connectivity index (χ3n) is 7.55. The third kappa shape index (κ3) is 20.5. The summed E-state index contributed by atoms with van der Waals surface area (Å²) < 4.78 is 2.39. The molecule has 0 spiro atoms. The molecule has 0 N–H and O–H groups in total. The number of hydrogen-bond acceptors (Lipinski definition) is 0. The Labute approximate surface area is 215 Å². The Kier molecular flexibility index (Phi) is 23.2. The second kappa shape index (κ2) is 25.2. The van der Waals surface area contributed by atoms with Crippen molar-refractivity contribution in [2.45, 2.75) is 181 Å². The first-order valence-corrected chi connectivity index (χ1v) is 15.8. The second-order valence-corrected chi connectivity index (χ2v) is 11.0. The Morgan fingerprint density at radius 1 is 0.412 bits per heavy atom. The summed E-state index contributed by atoms with van der Waals surface area (Å²) in [4.78, 5) is 0. The molecule has 0 saturated heterocycles. The maximum absolute atomic E-state index is 2.39. The molecule has 1 heteroatoms. The molecule has 0 bridgehead atoms. The zero-order valence-electron chi connectivity index (χ0n) is 23.6. The number of unbranched alkanes of at least 4 members (excludes halogenated alkanes) is 22. The largest absolute Gasteiger partial charge is 0.205 e. The molecular formula is C33H62N+. The van der Waals surface area contributed by atoms with E-state index in [0.717, 1.165) is 0 Å². The highest BCUT2D eigenvalue weighted by Crippen LogP contribution is 2.14. The second-order valence-electron chi connectivity index (χ2n) is 11.0. The van der Waals surface area contributed by atoms with Crippen LogP contribution in [0, 0.1) is 0 Å². The van der Waals surface area contributed by atoms with Crippen LogP contribution in [0.5, 0.6) is 0 Å². The van der Waals surface area contributed by atoms with E-state index in [9.17, 15) is 0 Å². The lowest BCUT2D eigenvalue weighted by atomic mass is 10.0. The third-order valence-corrected chi connectivity index (χ3v) is 7.55. The molecule has 0 amide bonds. The van der Waals surface area contributed by atoms with Crippen LogP contribution in [0.15, 0.2) is 24.5 Å². The van der Waals surface area contributed by atoms with Crippen LogP contribution in [0.4, 0.5) is 0 Å². The van der Waals surface area contributed by atoms with E-state index in [2.05, 4.69) is 42.9 Å². The van der Waals surface area contributed by atoms with Crippen molar-refractivity contribution in [1.29, 1.82) is 0 Å². The summed E-state index contributed by atoms with van der Waals surface area (Å²) in [5.41, 5.74) is 1.52. The number of hydrogen-bond donors (Lipinski definition) is 0. The average Bonchev–Trinajstić information content (AvgIpc) is 2.86. The summed E-state index contributed by atoms with van der Waals surface area (Å²) in [6.07, 6.45) is 40.3. The molecule has 0 aromatic carbocycles. The van der Waals surface area contributed by atoms with Crippen LogP contribution in [0.1, 0.15) is 174 Å². The van der Waals surface area contributed by atoms with Crippen LogP contribution in [0.3, 0.4) is 0 Å². The van der Waals surface area contributed by atoms with Gasteiger partial charge in [-0.1, -0.05) is 149 Å². The average molecular weight is 473 g/mol. The van der Waals surface area contributed by atoms with Crippen molar-refractivity contribution in [3.63, 3.8) is 0 Å². The highest BCUT2D eigenvalue weighted by atomic mass is 14.9. The number of aryl methyl sites for hydroxylation is 2. The van der Waals surface area contributed by atoms with Gasteiger partial charge in [0.05, 0.1) is 0 Å². The molecule has 0 saturated carbocycles. The van der Waals surface area contributed by atoms with Crippen molar-refractivity contribution >= 4 is 0 Å². The van der Waals surface area contributed by atoms with Crippen molar-refractivity contribution in [2.24, 2.45) is 0 Å². The molecule has 1 nitrogen and oxygen atoms in total. The van der Waals surface area contributed by atoms with Gasteiger partial charge in [0.25, 0.3) is 0 Å². The number of aromatic nitrogens is 1. The highest BCUT2D eigenvalue weighted by molar-refractivity contribution is 5.07. The molecule has 0 atom stereocenters. The van der Waals surface area contributed by atoms with Gasteiger partial charge in [0.1, 0.15) is 6.54 Å². The summed E-state index contributed by atoms with van der Waals surface area (Å²) in [6.45, 7) is 5.79. The molecule has 0 aliphatic carbocycles. The van der Waals surface area contributed by atoms with Crippen LogP contribution in [-0.4, -0.2) is 0 Å². The van der Waals surface area contributed by atoms with Crippen LogP contribution >= 0.6 is 0 Å². The lowest BCUT2D eigenvalue weighted by Crippen LogP contribution is -2.32. The molecular weight excluding hydrogens is 410 g/mol. The minimum Gasteiger partial charge on any atom is -0.205 e. The van der Waals surface area contributed by atoms with E-state index in [0.29, 0.717) is 0 Å². The molecule has 34 heavy (non-hydrogen) atoms. The molecule has 0 aliphatic rings. The Morgan fingerprint density at radius 3 is 1.12 bits per heavy atom. The van der Waals surface area contributed by atoms with E-state index in [1.807, 2.05) is 0 Å². The minimum atomic E-state index is 1.19. The fraction of sp³-hybridized carbons (Fsp3) is 0.848. The van der Waals surface area contributed by atoms with Gasteiger partial charge in [-0.2, -0.15) is 0 Å². The molecule has 0 fully saturated rings. The van der Waals surface area contributed by atoms with E-state index in [1.54, 1.807) is 0 Å². The molecule has 0 unspecified atom stereocenters. The van der Waals surface area contributed by atoms with Crippen LogP contribution in [0.25, 0.3) is 0 Å². The molecule has 198 valence electrons. The van der Waals surface area contributed by atoms with E-state index in [4.69, 9.17) is 0 Å². The fourth-order valence-electron chi connectivity index (χ4n) is 5.11. The van der Waals surface area contributed by atoms with Gasteiger partial charge in [-0.25, -0.2) is 4.57 Å². The maximum Gasteiger partial charge on any atom is 0.169 e. The summed E-state index contributed by atoms with van der Waals surface area (Å²) >= 11 is 0. The zero-order chi connectivity index (χ0) is 24.4. The molecule has 1 aromatic rings. The van der Waals surface area contributed by atoms with Gasteiger partial charge in [-0.05, 0) is 24.8 Å². The van der Waals surface area contributed by atoms with Gasteiger partial charge in [-0.3, -0.25) is 0 Å².